The SMILES string of the molecule is CCn1cc(CC(O)CCc2ccccc2C)cn1. The molecule has 1 atom stereocenters. The fourth-order valence-corrected chi connectivity index (χ4v) is 2.27. The number of benzene rings is 1. The lowest BCUT2D eigenvalue weighted by Gasteiger charge is -2.10. The van der Waals surface area contributed by atoms with Crippen molar-refractivity contribution in [2.24, 2.45) is 0 Å². The van der Waals surface area contributed by atoms with Crippen LogP contribution in [-0.4, -0.2) is 21.0 Å². The van der Waals surface area contributed by atoms with Gasteiger partial charge in [0.05, 0.1) is 12.3 Å². The normalized spacial score (nSPS) is 12.6. The van der Waals surface area contributed by atoms with Gasteiger partial charge in [0, 0.05) is 19.2 Å². The molecular weight excluding hydrogens is 236 g/mol. The van der Waals surface area contributed by atoms with Gasteiger partial charge in [-0.05, 0) is 43.4 Å². The number of rotatable bonds is 6. The average molecular weight is 258 g/mol. The molecule has 1 aromatic carbocycles. The van der Waals surface area contributed by atoms with Crippen LogP contribution in [-0.2, 0) is 19.4 Å². The number of aryl methyl sites for hydroxylation is 3. The smallest absolute Gasteiger partial charge is 0.0584 e. The van der Waals surface area contributed by atoms with Crippen LogP contribution < -0.4 is 0 Å². The Balaban J connectivity index is 1.84. The number of aliphatic hydroxyl groups is 1. The molecule has 0 saturated carbocycles. The highest BCUT2D eigenvalue weighted by Crippen LogP contribution is 2.13. The molecule has 1 unspecified atom stereocenters. The predicted octanol–water partition coefficient (Wildman–Crippen LogP) is 2.75. The van der Waals surface area contributed by atoms with Gasteiger partial charge < -0.3 is 5.11 Å². The maximum absolute atomic E-state index is 10.1. The molecule has 3 heteroatoms. The second-order valence-corrected chi connectivity index (χ2v) is 5.03. The fraction of sp³-hybridized carbons (Fsp3) is 0.438. The zero-order valence-electron chi connectivity index (χ0n) is 11.7. The minimum Gasteiger partial charge on any atom is -0.393 e. The quantitative estimate of drug-likeness (QED) is 0.865. The van der Waals surface area contributed by atoms with Crippen molar-refractivity contribution in [3.05, 3.63) is 53.3 Å². The molecule has 2 rings (SSSR count). The first kappa shape index (κ1) is 13.8. The van der Waals surface area contributed by atoms with E-state index in [-0.39, 0.29) is 6.10 Å². The molecule has 0 radical (unpaired) electrons. The summed E-state index contributed by atoms with van der Waals surface area (Å²) in [5.74, 6) is 0. The van der Waals surface area contributed by atoms with Crippen molar-refractivity contribution in [2.45, 2.75) is 45.8 Å². The molecule has 0 aliphatic heterocycles. The van der Waals surface area contributed by atoms with Gasteiger partial charge in [0.25, 0.3) is 0 Å². The Bertz CT molecular complexity index is 519. The fourth-order valence-electron chi connectivity index (χ4n) is 2.27. The Hall–Kier alpha value is -1.61. The molecular formula is C16H22N2O. The van der Waals surface area contributed by atoms with Crippen molar-refractivity contribution in [2.75, 3.05) is 0 Å². The van der Waals surface area contributed by atoms with E-state index in [1.165, 1.54) is 11.1 Å². The van der Waals surface area contributed by atoms with Gasteiger partial charge in [-0.25, -0.2) is 0 Å². The van der Waals surface area contributed by atoms with Crippen molar-refractivity contribution >= 4 is 0 Å². The van der Waals surface area contributed by atoms with Gasteiger partial charge >= 0.3 is 0 Å². The van der Waals surface area contributed by atoms with Gasteiger partial charge in [0.2, 0.25) is 0 Å². The summed E-state index contributed by atoms with van der Waals surface area (Å²) >= 11 is 0. The summed E-state index contributed by atoms with van der Waals surface area (Å²) in [4.78, 5) is 0. The second-order valence-electron chi connectivity index (χ2n) is 5.03. The Kier molecular flexibility index (Phi) is 4.74. The van der Waals surface area contributed by atoms with Gasteiger partial charge in [0.15, 0.2) is 0 Å². The molecule has 0 spiro atoms. The van der Waals surface area contributed by atoms with Crippen LogP contribution in [0.15, 0.2) is 36.7 Å². The first-order valence-corrected chi connectivity index (χ1v) is 6.93. The van der Waals surface area contributed by atoms with E-state index in [9.17, 15) is 5.11 Å². The summed E-state index contributed by atoms with van der Waals surface area (Å²) in [6, 6.07) is 8.36. The molecule has 0 bridgehead atoms. The van der Waals surface area contributed by atoms with Crippen molar-refractivity contribution in [3.8, 4) is 0 Å². The molecule has 2 aromatic rings. The molecule has 102 valence electrons. The van der Waals surface area contributed by atoms with Crippen LogP contribution in [0.2, 0.25) is 0 Å². The van der Waals surface area contributed by atoms with Crippen molar-refractivity contribution in [3.63, 3.8) is 0 Å². The highest BCUT2D eigenvalue weighted by molar-refractivity contribution is 5.25. The summed E-state index contributed by atoms with van der Waals surface area (Å²) < 4.78 is 1.89. The van der Waals surface area contributed by atoms with Crippen LogP contribution >= 0.6 is 0 Å². The number of nitrogens with zero attached hydrogens (tertiary/aromatic N) is 2. The monoisotopic (exact) mass is 258 g/mol. The molecule has 3 nitrogen and oxygen atoms in total. The van der Waals surface area contributed by atoms with Gasteiger partial charge in [-0.2, -0.15) is 5.10 Å². The van der Waals surface area contributed by atoms with E-state index in [2.05, 4.69) is 43.2 Å². The van der Waals surface area contributed by atoms with Gasteiger partial charge in [0.1, 0.15) is 0 Å². The van der Waals surface area contributed by atoms with Crippen molar-refractivity contribution in [1.29, 1.82) is 0 Å². The Morgan fingerprint density at radius 1 is 1.32 bits per heavy atom. The second kappa shape index (κ2) is 6.53. The zero-order valence-corrected chi connectivity index (χ0v) is 11.7. The standard InChI is InChI=1S/C16H22N2O/c1-3-18-12-14(11-17-18)10-16(19)9-8-15-7-5-4-6-13(15)2/h4-7,11-12,16,19H,3,8-10H2,1-2H3. The van der Waals surface area contributed by atoms with Crippen LogP contribution in [0.5, 0.6) is 0 Å². The van der Waals surface area contributed by atoms with E-state index in [1.54, 1.807) is 0 Å². The number of hydrogen-bond donors (Lipinski definition) is 1. The molecule has 0 saturated heterocycles. The molecule has 1 heterocycles. The minimum atomic E-state index is -0.297. The average Bonchev–Trinajstić information content (AvgIpc) is 2.85. The minimum absolute atomic E-state index is 0.297. The largest absolute Gasteiger partial charge is 0.393 e. The molecule has 0 aliphatic rings. The summed E-state index contributed by atoms with van der Waals surface area (Å²) in [6.45, 7) is 5.05. The summed E-state index contributed by atoms with van der Waals surface area (Å²) in [7, 11) is 0. The molecule has 0 aliphatic carbocycles. The zero-order chi connectivity index (χ0) is 13.7. The van der Waals surface area contributed by atoms with Gasteiger partial charge in [-0.15, -0.1) is 0 Å². The van der Waals surface area contributed by atoms with E-state index in [0.717, 1.165) is 24.9 Å². The van der Waals surface area contributed by atoms with Crippen molar-refractivity contribution in [1.82, 2.24) is 9.78 Å². The van der Waals surface area contributed by atoms with Gasteiger partial charge in [-0.3, -0.25) is 4.68 Å². The lowest BCUT2D eigenvalue weighted by atomic mass is 10.00. The Morgan fingerprint density at radius 2 is 2.11 bits per heavy atom. The summed E-state index contributed by atoms with van der Waals surface area (Å²) in [5, 5.41) is 14.3. The number of aromatic nitrogens is 2. The van der Waals surface area contributed by atoms with Crippen LogP contribution in [0.25, 0.3) is 0 Å². The first-order valence-electron chi connectivity index (χ1n) is 6.93. The highest BCUT2D eigenvalue weighted by Gasteiger charge is 2.08. The van der Waals surface area contributed by atoms with E-state index >= 15 is 0 Å². The lowest BCUT2D eigenvalue weighted by molar-refractivity contribution is 0.165. The molecule has 0 amide bonds. The van der Waals surface area contributed by atoms with E-state index in [1.807, 2.05) is 17.1 Å². The molecule has 1 N–H and O–H groups in total. The maximum Gasteiger partial charge on any atom is 0.0584 e. The summed E-state index contributed by atoms with van der Waals surface area (Å²) in [5.41, 5.74) is 3.73. The molecule has 1 aromatic heterocycles. The topological polar surface area (TPSA) is 38.0 Å². The highest BCUT2D eigenvalue weighted by atomic mass is 16.3. The maximum atomic E-state index is 10.1. The predicted molar refractivity (Wildman–Crippen MR) is 77.1 cm³/mol. The number of hydrogen-bond acceptors (Lipinski definition) is 2. The third kappa shape index (κ3) is 3.93. The van der Waals surface area contributed by atoms with Crippen LogP contribution in [0.1, 0.15) is 30.0 Å². The number of aliphatic hydroxyl groups excluding tert-OH is 1. The van der Waals surface area contributed by atoms with E-state index in [4.69, 9.17) is 0 Å². The van der Waals surface area contributed by atoms with Crippen LogP contribution in [0.4, 0.5) is 0 Å². The van der Waals surface area contributed by atoms with E-state index in [0.29, 0.717) is 6.42 Å². The first-order chi connectivity index (χ1) is 9.19. The molecule has 0 fully saturated rings. The molecule has 19 heavy (non-hydrogen) atoms. The Labute approximate surface area is 114 Å². The van der Waals surface area contributed by atoms with Crippen LogP contribution in [0, 0.1) is 6.92 Å². The summed E-state index contributed by atoms with van der Waals surface area (Å²) in [6.07, 6.45) is 5.97. The Morgan fingerprint density at radius 3 is 2.79 bits per heavy atom. The third-order valence-corrected chi connectivity index (χ3v) is 3.49. The van der Waals surface area contributed by atoms with Crippen LogP contribution in [0.3, 0.4) is 0 Å². The third-order valence-electron chi connectivity index (χ3n) is 3.49. The van der Waals surface area contributed by atoms with Crippen molar-refractivity contribution < 1.29 is 5.11 Å². The van der Waals surface area contributed by atoms with Gasteiger partial charge in [-0.1, -0.05) is 24.3 Å². The lowest BCUT2D eigenvalue weighted by Crippen LogP contribution is -2.11. The van der Waals surface area contributed by atoms with E-state index < -0.39 is 0 Å².